The second-order valence-electron chi connectivity index (χ2n) is 8.57. The number of alkyl halides is 3. The number of hydrogen-bond donors (Lipinski definition) is 1. The number of nitrogens with zero attached hydrogens (tertiary/aromatic N) is 4. The molecule has 0 saturated carbocycles. The lowest BCUT2D eigenvalue weighted by Gasteiger charge is -2.30. The summed E-state index contributed by atoms with van der Waals surface area (Å²) in [7, 11) is 0. The predicted molar refractivity (Wildman–Crippen MR) is 112 cm³/mol. The molecule has 31 heavy (non-hydrogen) atoms. The van der Waals surface area contributed by atoms with Gasteiger partial charge in [0.2, 0.25) is 0 Å². The van der Waals surface area contributed by atoms with Crippen LogP contribution in [-0.2, 0) is 6.18 Å². The first kappa shape index (κ1) is 23.2. The first-order valence-corrected chi connectivity index (χ1v) is 10.8. The van der Waals surface area contributed by atoms with Crippen LogP contribution in [0.15, 0.2) is 24.5 Å². The fourth-order valence-corrected chi connectivity index (χ4v) is 4.04. The molecule has 1 fully saturated rings. The van der Waals surface area contributed by atoms with E-state index in [1.54, 1.807) is 0 Å². The van der Waals surface area contributed by atoms with Crippen molar-refractivity contribution in [1.82, 2.24) is 25.0 Å². The zero-order valence-electron chi connectivity index (χ0n) is 18.2. The molecular formula is C22H30F3N5O. The van der Waals surface area contributed by atoms with Gasteiger partial charge in [0.05, 0.1) is 23.0 Å². The number of hydrogen-bond acceptors (Lipinski definition) is 4. The number of halogens is 3. The van der Waals surface area contributed by atoms with Gasteiger partial charge >= 0.3 is 6.18 Å². The minimum absolute atomic E-state index is 0.0674. The Morgan fingerprint density at radius 2 is 2.06 bits per heavy atom. The van der Waals surface area contributed by atoms with E-state index < -0.39 is 11.7 Å². The highest BCUT2D eigenvalue weighted by Gasteiger charge is 2.31. The SMILES string of the molecule is CC1CCCN(CCCNC(=O)c2cnn(-c3ccc(C(F)(F)F)cn3)c2C(C)C)C1. The van der Waals surface area contributed by atoms with Gasteiger partial charge in [-0.05, 0) is 56.3 Å². The Bertz CT molecular complexity index is 876. The summed E-state index contributed by atoms with van der Waals surface area (Å²) in [6.45, 7) is 9.82. The summed E-state index contributed by atoms with van der Waals surface area (Å²) in [5.74, 6) is 0.674. The van der Waals surface area contributed by atoms with Crippen LogP contribution in [0.4, 0.5) is 13.2 Å². The van der Waals surface area contributed by atoms with E-state index in [0.29, 0.717) is 17.8 Å². The normalized spacial score (nSPS) is 17.8. The molecule has 6 nitrogen and oxygen atoms in total. The fraction of sp³-hybridized carbons (Fsp3) is 0.591. The van der Waals surface area contributed by atoms with E-state index in [9.17, 15) is 18.0 Å². The average Bonchev–Trinajstić information content (AvgIpc) is 3.16. The van der Waals surface area contributed by atoms with Gasteiger partial charge in [0.15, 0.2) is 5.82 Å². The summed E-state index contributed by atoms with van der Waals surface area (Å²) in [5.41, 5.74) is 0.216. The summed E-state index contributed by atoms with van der Waals surface area (Å²) in [6.07, 6.45) is 1.15. The second kappa shape index (κ2) is 9.80. The van der Waals surface area contributed by atoms with E-state index in [1.807, 2.05) is 13.8 Å². The van der Waals surface area contributed by atoms with Gasteiger partial charge in [-0.25, -0.2) is 9.67 Å². The molecule has 9 heteroatoms. The minimum Gasteiger partial charge on any atom is -0.352 e. The van der Waals surface area contributed by atoms with E-state index in [2.05, 4.69) is 27.2 Å². The third kappa shape index (κ3) is 5.84. The van der Waals surface area contributed by atoms with Gasteiger partial charge in [-0.2, -0.15) is 18.3 Å². The molecule has 0 bridgehead atoms. The largest absolute Gasteiger partial charge is 0.417 e. The van der Waals surface area contributed by atoms with Crippen LogP contribution in [-0.4, -0.2) is 51.8 Å². The van der Waals surface area contributed by atoms with Gasteiger partial charge in [0, 0.05) is 19.3 Å². The number of nitrogens with one attached hydrogen (secondary N) is 1. The van der Waals surface area contributed by atoms with Crippen molar-refractivity contribution in [2.24, 2.45) is 5.92 Å². The van der Waals surface area contributed by atoms with Crippen LogP contribution in [0.5, 0.6) is 0 Å². The molecule has 1 aliphatic rings. The lowest BCUT2D eigenvalue weighted by atomic mass is 10.0. The predicted octanol–water partition coefficient (Wildman–Crippen LogP) is 4.26. The third-order valence-electron chi connectivity index (χ3n) is 5.57. The summed E-state index contributed by atoms with van der Waals surface area (Å²) in [5, 5.41) is 7.19. The zero-order chi connectivity index (χ0) is 22.6. The molecule has 1 saturated heterocycles. The van der Waals surface area contributed by atoms with Gasteiger partial charge in [0.25, 0.3) is 5.91 Å². The van der Waals surface area contributed by atoms with Crippen LogP contribution in [0.2, 0.25) is 0 Å². The van der Waals surface area contributed by atoms with Crippen molar-refractivity contribution < 1.29 is 18.0 Å². The standard InChI is InChI=1S/C22H30F3N5O/c1-15(2)20-18(21(31)26-9-5-11-29-10-4-6-16(3)14-29)13-28-30(20)19-8-7-17(12-27-19)22(23,24)25/h7-8,12-13,15-16H,4-6,9-11,14H2,1-3H3,(H,26,31). The average molecular weight is 438 g/mol. The third-order valence-corrected chi connectivity index (χ3v) is 5.57. The maximum Gasteiger partial charge on any atom is 0.417 e. The molecule has 1 amide bonds. The first-order chi connectivity index (χ1) is 14.7. The van der Waals surface area contributed by atoms with Gasteiger partial charge in [0.1, 0.15) is 0 Å². The molecule has 1 N–H and O–H groups in total. The number of carbonyl (C=O) groups is 1. The summed E-state index contributed by atoms with van der Waals surface area (Å²) in [4.78, 5) is 19.1. The highest BCUT2D eigenvalue weighted by Crippen LogP contribution is 2.29. The zero-order valence-corrected chi connectivity index (χ0v) is 18.2. The van der Waals surface area contributed by atoms with Crippen molar-refractivity contribution in [1.29, 1.82) is 0 Å². The number of aromatic nitrogens is 3. The number of piperidine rings is 1. The van der Waals surface area contributed by atoms with E-state index >= 15 is 0 Å². The topological polar surface area (TPSA) is 63.1 Å². The van der Waals surface area contributed by atoms with Crippen molar-refractivity contribution in [2.75, 3.05) is 26.2 Å². The number of rotatable bonds is 7. The molecule has 0 aliphatic carbocycles. The molecule has 170 valence electrons. The number of pyridine rings is 1. The van der Waals surface area contributed by atoms with Gasteiger partial charge in [-0.3, -0.25) is 4.79 Å². The first-order valence-electron chi connectivity index (χ1n) is 10.8. The Kier molecular flexibility index (Phi) is 7.35. The molecule has 0 spiro atoms. The molecule has 3 heterocycles. The molecule has 0 radical (unpaired) electrons. The van der Waals surface area contributed by atoms with Crippen molar-refractivity contribution in [3.05, 3.63) is 41.3 Å². The molecule has 1 unspecified atom stereocenters. The van der Waals surface area contributed by atoms with Crippen molar-refractivity contribution >= 4 is 5.91 Å². The van der Waals surface area contributed by atoms with Gasteiger partial charge < -0.3 is 10.2 Å². The van der Waals surface area contributed by atoms with Crippen LogP contribution in [0.25, 0.3) is 5.82 Å². The van der Waals surface area contributed by atoms with E-state index in [0.717, 1.165) is 44.2 Å². The second-order valence-corrected chi connectivity index (χ2v) is 8.57. The quantitative estimate of drug-likeness (QED) is 0.658. The lowest BCUT2D eigenvalue weighted by molar-refractivity contribution is -0.137. The van der Waals surface area contributed by atoms with Crippen LogP contribution >= 0.6 is 0 Å². The molecule has 2 aromatic rings. The maximum atomic E-state index is 12.8. The monoisotopic (exact) mass is 437 g/mol. The van der Waals surface area contributed by atoms with Crippen LogP contribution in [0, 0.1) is 5.92 Å². The molecule has 1 atom stereocenters. The Hall–Kier alpha value is -2.42. The Balaban J connectivity index is 1.65. The van der Waals surface area contributed by atoms with Crippen molar-refractivity contribution in [3.8, 4) is 5.82 Å². The van der Waals surface area contributed by atoms with E-state index in [4.69, 9.17) is 0 Å². The molecular weight excluding hydrogens is 407 g/mol. The Labute approximate surface area is 180 Å². The van der Waals surface area contributed by atoms with Gasteiger partial charge in [-0.1, -0.05) is 20.8 Å². The van der Waals surface area contributed by atoms with Gasteiger partial charge in [-0.15, -0.1) is 0 Å². The van der Waals surface area contributed by atoms with Crippen LogP contribution in [0.1, 0.15) is 67.6 Å². The van der Waals surface area contributed by atoms with Crippen LogP contribution < -0.4 is 5.32 Å². The maximum absolute atomic E-state index is 12.8. The highest BCUT2D eigenvalue weighted by molar-refractivity contribution is 5.95. The van der Waals surface area contributed by atoms with E-state index in [1.165, 1.54) is 29.8 Å². The van der Waals surface area contributed by atoms with E-state index in [-0.39, 0.29) is 17.6 Å². The summed E-state index contributed by atoms with van der Waals surface area (Å²) < 4.78 is 39.9. The minimum atomic E-state index is -4.45. The number of amides is 1. The molecule has 0 aromatic carbocycles. The number of likely N-dealkylation sites (tertiary alicyclic amines) is 1. The lowest BCUT2D eigenvalue weighted by Crippen LogP contribution is -2.36. The number of carbonyl (C=O) groups excluding carboxylic acids is 1. The molecule has 3 rings (SSSR count). The Morgan fingerprint density at radius 1 is 1.29 bits per heavy atom. The summed E-state index contributed by atoms with van der Waals surface area (Å²) >= 11 is 0. The molecule has 2 aromatic heterocycles. The van der Waals surface area contributed by atoms with Crippen molar-refractivity contribution in [2.45, 2.75) is 52.1 Å². The fourth-order valence-electron chi connectivity index (χ4n) is 4.04. The highest BCUT2D eigenvalue weighted by atomic mass is 19.4. The van der Waals surface area contributed by atoms with Crippen molar-refractivity contribution in [3.63, 3.8) is 0 Å². The Morgan fingerprint density at radius 3 is 2.68 bits per heavy atom. The molecule has 1 aliphatic heterocycles. The van der Waals surface area contributed by atoms with Crippen LogP contribution in [0.3, 0.4) is 0 Å². The smallest absolute Gasteiger partial charge is 0.352 e. The summed E-state index contributed by atoms with van der Waals surface area (Å²) in [6, 6.07) is 2.23.